The van der Waals surface area contributed by atoms with Gasteiger partial charge in [-0.2, -0.15) is 0 Å². The minimum absolute atomic E-state index is 0.294. The van der Waals surface area contributed by atoms with Crippen molar-refractivity contribution in [1.82, 2.24) is 4.90 Å². The van der Waals surface area contributed by atoms with E-state index in [2.05, 4.69) is 66.7 Å². The fourth-order valence-electron chi connectivity index (χ4n) is 2.03. The van der Waals surface area contributed by atoms with Gasteiger partial charge in [0.15, 0.2) is 0 Å². The van der Waals surface area contributed by atoms with Crippen LogP contribution in [-0.2, 0) is 0 Å². The molecular weight excluding hydrogens is 170 g/mol. The summed E-state index contributed by atoms with van der Waals surface area (Å²) in [7, 11) is 4.16. The molecule has 0 aliphatic carbocycles. The highest BCUT2D eigenvalue weighted by Gasteiger charge is 2.26. The minimum Gasteiger partial charge on any atom is -0.384 e. The van der Waals surface area contributed by atoms with Crippen LogP contribution in [0.25, 0.3) is 0 Å². The van der Waals surface area contributed by atoms with E-state index in [1.165, 1.54) is 12.0 Å². The van der Waals surface area contributed by atoms with Gasteiger partial charge < -0.3 is 4.90 Å². The van der Waals surface area contributed by atoms with Gasteiger partial charge >= 0.3 is 0 Å². The molecule has 0 rings (SSSR count). The minimum atomic E-state index is 0.294. The highest BCUT2D eigenvalue weighted by atomic mass is 15.0. The summed E-state index contributed by atoms with van der Waals surface area (Å²) in [5.41, 5.74) is 2.14. The van der Waals surface area contributed by atoms with Crippen LogP contribution in [0.1, 0.15) is 48.0 Å². The standard InChI is InChI=1S/C13H27N/c1-11(9-14(7)8)13(5,6)10-12(2,3)4/h9H,10H2,1-8H3/b11-9+. The predicted octanol–water partition coefficient (Wildman–Crippen LogP) is 3.91. The largest absolute Gasteiger partial charge is 0.384 e. The predicted molar refractivity (Wildman–Crippen MR) is 65.3 cm³/mol. The quantitative estimate of drug-likeness (QED) is 0.663. The first kappa shape index (κ1) is 13.5. The Morgan fingerprint density at radius 3 is 1.79 bits per heavy atom. The molecule has 0 radical (unpaired) electrons. The second-order valence-corrected chi connectivity index (χ2v) is 6.40. The molecule has 0 N–H and O–H groups in total. The summed E-state index contributed by atoms with van der Waals surface area (Å²) in [6, 6.07) is 0. The molecule has 0 aliphatic heterocycles. The maximum atomic E-state index is 2.33. The molecule has 0 aromatic rings. The van der Waals surface area contributed by atoms with Gasteiger partial charge in [0.2, 0.25) is 0 Å². The molecule has 0 saturated carbocycles. The maximum absolute atomic E-state index is 2.33. The summed E-state index contributed by atoms with van der Waals surface area (Å²) in [5.74, 6) is 0. The lowest BCUT2D eigenvalue weighted by atomic mass is 9.72. The SMILES string of the molecule is C/C(=C\N(C)C)C(C)(C)CC(C)(C)C. The van der Waals surface area contributed by atoms with E-state index in [1.807, 2.05) is 0 Å². The first-order chi connectivity index (χ1) is 6.04. The van der Waals surface area contributed by atoms with Gasteiger partial charge in [-0.25, -0.2) is 0 Å². The molecule has 0 bridgehead atoms. The topological polar surface area (TPSA) is 3.24 Å². The summed E-state index contributed by atoms with van der Waals surface area (Å²) in [6.07, 6.45) is 3.45. The Kier molecular flexibility index (Phi) is 4.23. The second kappa shape index (κ2) is 4.37. The van der Waals surface area contributed by atoms with Crippen LogP contribution in [0.3, 0.4) is 0 Å². The van der Waals surface area contributed by atoms with E-state index in [-0.39, 0.29) is 0 Å². The number of allylic oxidation sites excluding steroid dienone is 1. The lowest BCUT2D eigenvalue weighted by molar-refractivity contribution is 0.247. The van der Waals surface area contributed by atoms with Crippen LogP contribution in [0, 0.1) is 10.8 Å². The highest BCUT2D eigenvalue weighted by Crippen LogP contribution is 2.38. The summed E-state index contributed by atoms with van der Waals surface area (Å²) < 4.78 is 0. The lowest BCUT2D eigenvalue weighted by Gasteiger charge is -2.34. The van der Waals surface area contributed by atoms with Gasteiger partial charge in [0.05, 0.1) is 0 Å². The molecular formula is C13H27N. The third-order valence-electron chi connectivity index (χ3n) is 2.49. The summed E-state index contributed by atoms with van der Waals surface area (Å²) in [4.78, 5) is 2.12. The molecule has 0 saturated heterocycles. The van der Waals surface area contributed by atoms with Crippen LogP contribution in [0.5, 0.6) is 0 Å². The molecule has 0 atom stereocenters. The van der Waals surface area contributed by atoms with Gasteiger partial charge in [0.1, 0.15) is 0 Å². The van der Waals surface area contributed by atoms with Gasteiger partial charge in [-0.15, -0.1) is 0 Å². The van der Waals surface area contributed by atoms with Crippen LogP contribution in [0.2, 0.25) is 0 Å². The molecule has 84 valence electrons. The first-order valence-electron chi connectivity index (χ1n) is 5.40. The van der Waals surface area contributed by atoms with Gasteiger partial charge in [0.25, 0.3) is 0 Å². The van der Waals surface area contributed by atoms with Crippen molar-refractivity contribution >= 4 is 0 Å². The molecule has 0 aromatic heterocycles. The molecule has 0 aromatic carbocycles. The van der Waals surface area contributed by atoms with Gasteiger partial charge in [-0.1, -0.05) is 40.2 Å². The third kappa shape index (κ3) is 5.31. The van der Waals surface area contributed by atoms with Crippen LogP contribution < -0.4 is 0 Å². The lowest BCUT2D eigenvalue weighted by Crippen LogP contribution is -2.23. The monoisotopic (exact) mass is 197 g/mol. The molecule has 0 aliphatic rings. The maximum Gasteiger partial charge on any atom is 0.00556 e. The Morgan fingerprint density at radius 2 is 1.50 bits per heavy atom. The second-order valence-electron chi connectivity index (χ2n) is 6.40. The highest BCUT2D eigenvalue weighted by molar-refractivity contribution is 5.09. The molecule has 0 spiro atoms. The van der Waals surface area contributed by atoms with Crippen molar-refractivity contribution in [3.05, 3.63) is 11.8 Å². The van der Waals surface area contributed by atoms with Crippen molar-refractivity contribution in [1.29, 1.82) is 0 Å². The van der Waals surface area contributed by atoms with Crippen molar-refractivity contribution in [2.45, 2.75) is 48.0 Å². The van der Waals surface area contributed by atoms with Gasteiger partial charge in [0, 0.05) is 14.1 Å². The van der Waals surface area contributed by atoms with Crippen molar-refractivity contribution in [3.63, 3.8) is 0 Å². The normalized spacial score (nSPS) is 14.4. The Bertz CT molecular complexity index is 204. The van der Waals surface area contributed by atoms with Crippen molar-refractivity contribution < 1.29 is 0 Å². The molecule has 0 amide bonds. The number of hydrogen-bond donors (Lipinski definition) is 0. The smallest absolute Gasteiger partial charge is 0.00556 e. The summed E-state index contributed by atoms with van der Waals surface area (Å²) >= 11 is 0. The fraction of sp³-hybridized carbons (Fsp3) is 0.846. The zero-order valence-corrected chi connectivity index (χ0v) is 11.2. The average molecular weight is 197 g/mol. The Morgan fingerprint density at radius 1 is 1.07 bits per heavy atom. The number of hydrogen-bond acceptors (Lipinski definition) is 1. The Hall–Kier alpha value is -0.460. The van der Waals surface area contributed by atoms with E-state index in [9.17, 15) is 0 Å². The zero-order valence-electron chi connectivity index (χ0n) is 11.2. The van der Waals surface area contributed by atoms with E-state index in [0.717, 1.165) is 0 Å². The molecule has 14 heavy (non-hydrogen) atoms. The number of rotatable bonds is 3. The third-order valence-corrected chi connectivity index (χ3v) is 2.49. The fourth-order valence-corrected chi connectivity index (χ4v) is 2.03. The first-order valence-corrected chi connectivity index (χ1v) is 5.40. The van der Waals surface area contributed by atoms with E-state index in [0.29, 0.717) is 10.8 Å². The molecule has 1 nitrogen and oxygen atoms in total. The van der Waals surface area contributed by atoms with E-state index < -0.39 is 0 Å². The summed E-state index contributed by atoms with van der Waals surface area (Å²) in [5, 5.41) is 0. The summed E-state index contributed by atoms with van der Waals surface area (Å²) in [6.45, 7) is 13.8. The molecule has 0 heterocycles. The van der Waals surface area contributed by atoms with Crippen molar-refractivity contribution in [2.75, 3.05) is 14.1 Å². The van der Waals surface area contributed by atoms with Crippen LogP contribution >= 0.6 is 0 Å². The van der Waals surface area contributed by atoms with Crippen molar-refractivity contribution in [3.8, 4) is 0 Å². The Labute approximate surface area is 90.2 Å². The van der Waals surface area contributed by atoms with Crippen molar-refractivity contribution in [2.24, 2.45) is 10.8 Å². The molecule has 1 heteroatoms. The zero-order chi connectivity index (χ0) is 11.6. The van der Waals surface area contributed by atoms with Gasteiger partial charge in [-0.3, -0.25) is 0 Å². The molecule has 0 unspecified atom stereocenters. The average Bonchev–Trinajstić information content (AvgIpc) is 1.78. The Balaban J connectivity index is 4.62. The van der Waals surface area contributed by atoms with Gasteiger partial charge in [-0.05, 0) is 30.4 Å². The van der Waals surface area contributed by atoms with Crippen LogP contribution in [-0.4, -0.2) is 19.0 Å². The van der Waals surface area contributed by atoms with Crippen LogP contribution in [0.15, 0.2) is 11.8 Å². The number of nitrogens with zero attached hydrogens (tertiary/aromatic N) is 1. The van der Waals surface area contributed by atoms with Crippen LogP contribution in [0.4, 0.5) is 0 Å². The van der Waals surface area contributed by atoms with E-state index in [1.54, 1.807) is 0 Å². The molecule has 0 fully saturated rings. The van der Waals surface area contributed by atoms with E-state index in [4.69, 9.17) is 0 Å². The van der Waals surface area contributed by atoms with E-state index >= 15 is 0 Å².